The first-order valence-electron chi connectivity index (χ1n) is 8.44. The summed E-state index contributed by atoms with van der Waals surface area (Å²) in [5.74, 6) is 0. The molecule has 0 N–H and O–H groups in total. The van der Waals surface area contributed by atoms with Crippen molar-refractivity contribution in [1.29, 1.82) is 0 Å². The average molecular weight is 300 g/mol. The molecule has 1 aliphatic rings. The van der Waals surface area contributed by atoms with E-state index < -0.39 is 0 Å². The Kier molecular flexibility index (Phi) is 7.62. The summed E-state index contributed by atoms with van der Waals surface area (Å²) >= 11 is 0. The van der Waals surface area contributed by atoms with Gasteiger partial charge in [0.05, 0.1) is 12.7 Å². The Bertz CT molecular complexity index is 284. The summed E-state index contributed by atoms with van der Waals surface area (Å²) in [5.41, 5.74) is 0.240. The van der Waals surface area contributed by atoms with Gasteiger partial charge in [0.2, 0.25) is 0 Å². The normalized spacial score (nSPS) is 19.1. The summed E-state index contributed by atoms with van der Waals surface area (Å²) in [6.45, 7) is 14.3. The number of hydrogen-bond donors (Lipinski definition) is 0. The molecule has 0 atom stereocenters. The second kappa shape index (κ2) is 8.47. The van der Waals surface area contributed by atoms with Crippen LogP contribution in [0.4, 0.5) is 0 Å². The SMILES string of the molecule is CC(C)OCCN(C)CC(C)(C)N1CCC(N(C)C)CC1. The molecule has 1 fully saturated rings. The van der Waals surface area contributed by atoms with E-state index in [0.717, 1.165) is 25.7 Å². The number of nitrogens with zero attached hydrogens (tertiary/aromatic N) is 3. The molecule has 0 aromatic carbocycles. The molecule has 0 aliphatic carbocycles. The fraction of sp³-hybridized carbons (Fsp3) is 1.00. The number of hydrogen-bond acceptors (Lipinski definition) is 4. The fourth-order valence-corrected chi connectivity index (χ4v) is 3.27. The molecule has 0 aromatic heterocycles. The predicted molar refractivity (Wildman–Crippen MR) is 90.9 cm³/mol. The van der Waals surface area contributed by atoms with Crippen LogP contribution in [0.25, 0.3) is 0 Å². The maximum atomic E-state index is 5.65. The molecule has 126 valence electrons. The van der Waals surface area contributed by atoms with Gasteiger partial charge >= 0.3 is 0 Å². The summed E-state index contributed by atoms with van der Waals surface area (Å²) in [6.07, 6.45) is 2.91. The molecular weight excluding hydrogens is 262 g/mol. The smallest absolute Gasteiger partial charge is 0.0596 e. The zero-order chi connectivity index (χ0) is 16.0. The van der Waals surface area contributed by atoms with Gasteiger partial charge in [-0.15, -0.1) is 0 Å². The molecule has 1 aliphatic heterocycles. The van der Waals surface area contributed by atoms with Gasteiger partial charge in [-0.1, -0.05) is 0 Å². The van der Waals surface area contributed by atoms with E-state index in [1.807, 2.05) is 0 Å². The molecular formula is C17H37N3O. The first-order chi connectivity index (χ1) is 9.72. The van der Waals surface area contributed by atoms with Crippen molar-refractivity contribution in [2.24, 2.45) is 0 Å². The van der Waals surface area contributed by atoms with Crippen molar-refractivity contribution in [3.05, 3.63) is 0 Å². The van der Waals surface area contributed by atoms with E-state index in [1.165, 1.54) is 25.9 Å². The lowest BCUT2D eigenvalue weighted by Crippen LogP contribution is -2.55. The Morgan fingerprint density at radius 1 is 1.14 bits per heavy atom. The van der Waals surface area contributed by atoms with Crippen molar-refractivity contribution in [1.82, 2.24) is 14.7 Å². The highest BCUT2D eigenvalue weighted by molar-refractivity contribution is 4.89. The van der Waals surface area contributed by atoms with Gasteiger partial charge in [-0.3, -0.25) is 4.90 Å². The third-order valence-electron chi connectivity index (χ3n) is 4.63. The fourth-order valence-electron chi connectivity index (χ4n) is 3.27. The van der Waals surface area contributed by atoms with Crippen molar-refractivity contribution in [3.63, 3.8) is 0 Å². The van der Waals surface area contributed by atoms with Crippen molar-refractivity contribution >= 4 is 0 Å². The van der Waals surface area contributed by atoms with E-state index >= 15 is 0 Å². The highest BCUT2D eigenvalue weighted by Crippen LogP contribution is 2.23. The van der Waals surface area contributed by atoms with Crippen molar-refractivity contribution in [2.45, 2.75) is 58.2 Å². The molecule has 0 amide bonds. The molecule has 1 heterocycles. The maximum absolute atomic E-state index is 5.65. The van der Waals surface area contributed by atoms with E-state index in [4.69, 9.17) is 4.74 Å². The zero-order valence-corrected chi connectivity index (χ0v) is 15.4. The number of likely N-dealkylation sites (N-methyl/N-ethyl adjacent to an activating group) is 1. The van der Waals surface area contributed by atoms with Gasteiger partial charge < -0.3 is 14.5 Å². The van der Waals surface area contributed by atoms with Gasteiger partial charge in [-0.2, -0.15) is 0 Å². The molecule has 0 spiro atoms. The van der Waals surface area contributed by atoms with Crippen molar-refractivity contribution < 1.29 is 4.74 Å². The van der Waals surface area contributed by atoms with Crippen molar-refractivity contribution in [3.8, 4) is 0 Å². The number of likely N-dealkylation sites (tertiary alicyclic amines) is 1. The highest BCUT2D eigenvalue weighted by Gasteiger charge is 2.31. The zero-order valence-electron chi connectivity index (χ0n) is 15.4. The van der Waals surface area contributed by atoms with Crippen molar-refractivity contribution in [2.75, 3.05) is 53.9 Å². The van der Waals surface area contributed by atoms with Gasteiger partial charge in [0.15, 0.2) is 0 Å². The van der Waals surface area contributed by atoms with E-state index in [1.54, 1.807) is 0 Å². The lowest BCUT2D eigenvalue weighted by atomic mass is 9.95. The largest absolute Gasteiger partial charge is 0.377 e. The Labute approximate surface area is 132 Å². The average Bonchev–Trinajstić information content (AvgIpc) is 2.37. The molecule has 1 rings (SSSR count). The molecule has 0 saturated carbocycles. The molecule has 0 bridgehead atoms. The molecule has 0 unspecified atom stereocenters. The third kappa shape index (κ3) is 6.64. The van der Waals surface area contributed by atoms with Gasteiger partial charge in [-0.05, 0) is 61.7 Å². The van der Waals surface area contributed by atoms with Crippen LogP contribution in [0, 0.1) is 0 Å². The minimum atomic E-state index is 0.240. The second-order valence-corrected chi connectivity index (χ2v) is 7.65. The summed E-state index contributed by atoms with van der Waals surface area (Å²) in [5, 5.41) is 0. The maximum Gasteiger partial charge on any atom is 0.0596 e. The Morgan fingerprint density at radius 3 is 2.19 bits per heavy atom. The Morgan fingerprint density at radius 2 is 1.71 bits per heavy atom. The quantitative estimate of drug-likeness (QED) is 0.683. The summed E-state index contributed by atoms with van der Waals surface area (Å²) < 4.78 is 5.65. The highest BCUT2D eigenvalue weighted by atomic mass is 16.5. The molecule has 0 radical (unpaired) electrons. The molecule has 21 heavy (non-hydrogen) atoms. The van der Waals surface area contributed by atoms with Crippen LogP contribution < -0.4 is 0 Å². The van der Waals surface area contributed by atoms with Crippen LogP contribution in [0.3, 0.4) is 0 Å². The first-order valence-corrected chi connectivity index (χ1v) is 8.44. The third-order valence-corrected chi connectivity index (χ3v) is 4.63. The first kappa shape index (κ1) is 18.9. The lowest BCUT2D eigenvalue weighted by molar-refractivity contribution is 0.0251. The Balaban J connectivity index is 2.35. The predicted octanol–water partition coefficient (Wildman–Crippen LogP) is 2.15. The van der Waals surface area contributed by atoms with E-state index in [0.29, 0.717) is 6.10 Å². The molecule has 4 heteroatoms. The molecule has 0 aromatic rings. The lowest BCUT2D eigenvalue weighted by Gasteiger charge is -2.45. The van der Waals surface area contributed by atoms with E-state index in [2.05, 4.69) is 63.5 Å². The van der Waals surface area contributed by atoms with Crippen LogP contribution in [-0.4, -0.2) is 86.3 Å². The summed E-state index contributed by atoms with van der Waals surface area (Å²) in [4.78, 5) is 7.44. The van der Waals surface area contributed by atoms with Crippen LogP contribution >= 0.6 is 0 Å². The Hall–Kier alpha value is -0.160. The van der Waals surface area contributed by atoms with Crippen LogP contribution in [0.5, 0.6) is 0 Å². The minimum absolute atomic E-state index is 0.240. The number of ether oxygens (including phenoxy) is 1. The topological polar surface area (TPSA) is 19.0 Å². The molecule has 4 nitrogen and oxygen atoms in total. The number of rotatable bonds is 8. The molecule has 1 saturated heterocycles. The second-order valence-electron chi connectivity index (χ2n) is 7.65. The summed E-state index contributed by atoms with van der Waals surface area (Å²) in [6, 6.07) is 0.759. The van der Waals surface area contributed by atoms with Gasteiger partial charge in [0.1, 0.15) is 0 Å². The van der Waals surface area contributed by atoms with Gasteiger partial charge in [-0.25, -0.2) is 0 Å². The van der Waals surface area contributed by atoms with Gasteiger partial charge in [0, 0.05) is 37.8 Å². The summed E-state index contributed by atoms with van der Waals surface area (Å²) in [7, 11) is 6.61. The number of piperidine rings is 1. The van der Waals surface area contributed by atoms with Crippen LogP contribution in [0.1, 0.15) is 40.5 Å². The monoisotopic (exact) mass is 299 g/mol. The minimum Gasteiger partial charge on any atom is -0.377 e. The van der Waals surface area contributed by atoms with Crippen LogP contribution in [0.2, 0.25) is 0 Å². The van der Waals surface area contributed by atoms with Crippen LogP contribution in [0.15, 0.2) is 0 Å². The van der Waals surface area contributed by atoms with Gasteiger partial charge in [0.25, 0.3) is 0 Å². The van der Waals surface area contributed by atoms with Crippen LogP contribution in [-0.2, 0) is 4.74 Å². The van der Waals surface area contributed by atoms with E-state index in [9.17, 15) is 0 Å². The standard InChI is InChI=1S/C17H37N3O/c1-15(2)21-13-12-19(7)14-17(3,4)20-10-8-16(9-11-20)18(5)6/h15-16H,8-14H2,1-7H3. The van der Waals surface area contributed by atoms with E-state index in [-0.39, 0.29) is 5.54 Å².